The van der Waals surface area contributed by atoms with Gasteiger partial charge in [0.25, 0.3) is 0 Å². The summed E-state index contributed by atoms with van der Waals surface area (Å²) in [4.78, 5) is 0. The van der Waals surface area contributed by atoms with Gasteiger partial charge in [-0.3, -0.25) is 0 Å². The van der Waals surface area contributed by atoms with Crippen LogP contribution < -0.4 is 5.32 Å². The lowest BCUT2D eigenvalue weighted by Gasteiger charge is -2.22. The molecule has 1 fully saturated rings. The molecule has 1 rings (SSSR count). The number of ether oxygens (including phenoxy) is 3. The van der Waals surface area contributed by atoms with E-state index in [1.807, 2.05) is 7.05 Å². The highest BCUT2D eigenvalue weighted by Crippen LogP contribution is 2.51. The predicted molar refractivity (Wildman–Crippen MR) is 82.2 cm³/mol. The van der Waals surface area contributed by atoms with E-state index >= 15 is 0 Å². The number of nitrogens with one attached hydrogen (secondary N) is 1. The Morgan fingerprint density at radius 2 is 1.50 bits per heavy atom. The molecule has 0 saturated heterocycles. The molecule has 0 aromatic rings. The number of hydrogen-bond acceptors (Lipinski definition) is 4. The first kappa shape index (κ1) is 17.9. The van der Waals surface area contributed by atoms with Gasteiger partial charge in [-0.1, -0.05) is 13.3 Å². The molecule has 20 heavy (non-hydrogen) atoms. The second kappa shape index (κ2) is 10.6. The van der Waals surface area contributed by atoms with E-state index in [1.165, 1.54) is 19.3 Å². The molecule has 4 nitrogen and oxygen atoms in total. The molecule has 1 aliphatic carbocycles. The lowest BCUT2D eigenvalue weighted by Crippen LogP contribution is -2.32. The topological polar surface area (TPSA) is 39.7 Å². The first-order chi connectivity index (χ1) is 9.75. The normalized spacial score (nSPS) is 18.1. The van der Waals surface area contributed by atoms with Crippen molar-refractivity contribution in [1.29, 1.82) is 0 Å². The molecule has 0 radical (unpaired) electrons. The number of hydrogen-bond donors (Lipinski definition) is 1. The molecule has 0 aromatic heterocycles. The maximum absolute atomic E-state index is 5.66. The van der Waals surface area contributed by atoms with Crippen molar-refractivity contribution < 1.29 is 14.2 Å². The van der Waals surface area contributed by atoms with Crippen LogP contribution in [0.3, 0.4) is 0 Å². The van der Waals surface area contributed by atoms with E-state index in [2.05, 4.69) is 19.2 Å². The summed E-state index contributed by atoms with van der Waals surface area (Å²) in [5, 5.41) is 3.36. The Balaban J connectivity index is 1.81. The van der Waals surface area contributed by atoms with Gasteiger partial charge in [0.05, 0.1) is 26.4 Å². The molecule has 0 aromatic carbocycles. The van der Waals surface area contributed by atoms with Gasteiger partial charge in [-0.05, 0) is 45.1 Å². The molecule has 0 heterocycles. The van der Waals surface area contributed by atoms with Crippen molar-refractivity contribution in [2.24, 2.45) is 5.41 Å². The van der Waals surface area contributed by atoms with E-state index in [4.69, 9.17) is 14.2 Å². The third-order valence-electron chi connectivity index (χ3n) is 4.37. The first-order valence-corrected chi connectivity index (χ1v) is 8.15. The van der Waals surface area contributed by atoms with Crippen LogP contribution in [0.2, 0.25) is 0 Å². The highest BCUT2D eigenvalue weighted by molar-refractivity contribution is 4.99. The van der Waals surface area contributed by atoms with Gasteiger partial charge >= 0.3 is 0 Å². The Morgan fingerprint density at radius 3 is 2.00 bits per heavy atom. The zero-order valence-electron chi connectivity index (χ0n) is 13.6. The van der Waals surface area contributed by atoms with Crippen LogP contribution in [-0.2, 0) is 14.2 Å². The van der Waals surface area contributed by atoms with Gasteiger partial charge in [0.2, 0.25) is 0 Å². The third kappa shape index (κ3) is 7.02. The Morgan fingerprint density at radius 1 is 0.950 bits per heavy atom. The average Bonchev–Trinajstić information content (AvgIpc) is 3.25. The molecule has 1 aliphatic rings. The molecule has 0 spiro atoms. The molecule has 1 saturated carbocycles. The summed E-state index contributed by atoms with van der Waals surface area (Å²) < 4.78 is 16.5. The predicted octanol–water partition coefficient (Wildman–Crippen LogP) is 2.61. The van der Waals surface area contributed by atoms with Crippen LogP contribution in [0.1, 0.15) is 46.0 Å². The maximum atomic E-state index is 5.66. The lowest BCUT2D eigenvalue weighted by molar-refractivity contribution is 0.0105. The maximum Gasteiger partial charge on any atom is 0.0701 e. The average molecular weight is 287 g/mol. The Labute approximate surface area is 124 Å². The van der Waals surface area contributed by atoms with Gasteiger partial charge in [0.1, 0.15) is 0 Å². The fraction of sp³-hybridized carbons (Fsp3) is 1.00. The molecule has 1 unspecified atom stereocenters. The van der Waals surface area contributed by atoms with E-state index < -0.39 is 0 Å². The van der Waals surface area contributed by atoms with Crippen molar-refractivity contribution in [3.63, 3.8) is 0 Å². The fourth-order valence-electron chi connectivity index (χ4n) is 2.43. The Bertz CT molecular complexity index is 232. The summed E-state index contributed by atoms with van der Waals surface area (Å²) in [5.41, 5.74) is 0.503. The van der Waals surface area contributed by atoms with Gasteiger partial charge in [-0.25, -0.2) is 0 Å². The van der Waals surface area contributed by atoms with Crippen molar-refractivity contribution >= 4 is 0 Å². The minimum absolute atomic E-state index is 0.503. The van der Waals surface area contributed by atoms with Crippen molar-refractivity contribution in [2.45, 2.75) is 52.0 Å². The van der Waals surface area contributed by atoms with E-state index in [1.54, 1.807) is 0 Å². The van der Waals surface area contributed by atoms with E-state index in [0.717, 1.165) is 26.1 Å². The standard InChI is InChI=1S/C16H33NO3/c1-4-5-9-18-11-13-20-14-12-19-10-8-16(6-7-16)15(2)17-3/h15,17H,4-14H2,1-3H3. The fourth-order valence-corrected chi connectivity index (χ4v) is 2.43. The number of unbranched alkanes of at least 4 members (excludes halogenated alkanes) is 1. The van der Waals surface area contributed by atoms with Crippen LogP contribution in [0.15, 0.2) is 0 Å². The van der Waals surface area contributed by atoms with Crippen molar-refractivity contribution in [2.75, 3.05) is 46.7 Å². The zero-order chi connectivity index (χ0) is 14.7. The third-order valence-corrected chi connectivity index (χ3v) is 4.37. The van der Waals surface area contributed by atoms with Gasteiger partial charge in [0.15, 0.2) is 0 Å². The molecule has 4 heteroatoms. The second-order valence-corrected chi connectivity index (χ2v) is 5.81. The van der Waals surface area contributed by atoms with E-state index in [-0.39, 0.29) is 0 Å². The van der Waals surface area contributed by atoms with Crippen molar-refractivity contribution in [3.05, 3.63) is 0 Å². The Kier molecular flexibility index (Phi) is 9.44. The second-order valence-electron chi connectivity index (χ2n) is 5.81. The van der Waals surface area contributed by atoms with Crippen LogP contribution >= 0.6 is 0 Å². The van der Waals surface area contributed by atoms with Crippen molar-refractivity contribution in [1.82, 2.24) is 5.32 Å². The van der Waals surface area contributed by atoms with Crippen LogP contribution in [0, 0.1) is 5.41 Å². The highest BCUT2D eigenvalue weighted by Gasteiger charge is 2.46. The van der Waals surface area contributed by atoms with Gasteiger partial charge in [-0.2, -0.15) is 0 Å². The van der Waals surface area contributed by atoms with Crippen LogP contribution in [0.4, 0.5) is 0 Å². The van der Waals surface area contributed by atoms with Crippen LogP contribution in [0.5, 0.6) is 0 Å². The SMILES string of the molecule is CCCCOCCOCCOCCC1(C(C)NC)CC1. The monoisotopic (exact) mass is 287 g/mol. The summed E-state index contributed by atoms with van der Waals surface area (Å²) in [6.07, 6.45) is 6.15. The first-order valence-electron chi connectivity index (χ1n) is 8.15. The Hall–Kier alpha value is -0.160. The smallest absolute Gasteiger partial charge is 0.0701 e. The van der Waals surface area contributed by atoms with E-state index in [0.29, 0.717) is 37.9 Å². The largest absolute Gasteiger partial charge is 0.379 e. The summed E-state index contributed by atoms with van der Waals surface area (Å²) in [6.45, 7) is 8.88. The van der Waals surface area contributed by atoms with E-state index in [9.17, 15) is 0 Å². The summed E-state index contributed by atoms with van der Waals surface area (Å²) in [7, 11) is 2.04. The lowest BCUT2D eigenvalue weighted by atomic mass is 9.94. The molecular weight excluding hydrogens is 254 g/mol. The molecule has 0 amide bonds. The molecule has 120 valence electrons. The number of rotatable bonds is 14. The highest BCUT2D eigenvalue weighted by atomic mass is 16.5. The van der Waals surface area contributed by atoms with Gasteiger partial charge in [0, 0.05) is 19.3 Å². The molecule has 0 aliphatic heterocycles. The minimum atomic E-state index is 0.503. The van der Waals surface area contributed by atoms with Gasteiger partial charge < -0.3 is 19.5 Å². The summed E-state index contributed by atoms with van der Waals surface area (Å²) in [6, 6.07) is 0.600. The minimum Gasteiger partial charge on any atom is -0.379 e. The van der Waals surface area contributed by atoms with Crippen LogP contribution in [-0.4, -0.2) is 52.7 Å². The molecule has 0 bridgehead atoms. The zero-order valence-corrected chi connectivity index (χ0v) is 13.6. The molecular formula is C16H33NO3. The summed E-state index contributed by atoms with van der Waals surface area (Å²) >= 11 is 0. The molecule has 1 N–H and O–H groups in total. The quantitative estimate of drug-likeness (QED) is 0.499. The summed E-state index contributed by atoms with van der Waals surface area (Å²) in [5.74, 6) is 0. The van der Waals surface area contributed by atoms with Crippen molar-refractivity contribution in [3.8, 4) is 0 Å². The van der Waals surface area contributed by atoms with Gasteiger partial charge in [-0.15, -0.1) is 0 Å². The van der Waals surface area contributed by atoms with Crippen LogP contribution in [0.25, 0.3) is 0 Å². The molecule has 1 atom stereocenters.